The molecule has 2 saturated heterocycles. The molecule has 0 aromatic carbocycles. The largest absolute Gasteiger partial charge is 0.370 e. The van der Waals surface area contributed by atoms with Gasteiger partial charge in [0.1, 0.15) is 17.5 Å². The van der Waals surface area contributed by atoms with Crippen LogP contribution in [-0.2, 0) is 14.8 Å². The van der Waals surface area contributed by atoms with Gasteiger partial charge in [0, 0.05) is 25.2 Å². The summed E-state index contributed by atoms with van der Waals surface area (Å²) >= 11 is 0. The van der Waals surface area contributed by atoms with Crippen LogP contribution in [0, 0.1) is 17.3 Å². The van der Waals surface area contributed by atoms with Gasteiger partial charge in [-0.05, 0) is 82.1 Å². The molecule has 2 amide bonds. The normalized spacial score (nSPS) is 27.0. The first-order chi connectivity index (χ1) is 19.5. The van der Waals surface area contributed by atoms with Gasteiger partial charge < -0.3 is 10.2 Å². The average molecular weight is 581 g/mol. The predicted molar refractivity (Wildman–Crippen MR) is 157 cm³/mol. The second-order valence-corrected chi connectivity index (χ2v) is 14.6. The van der Waals surface area contributed by atoms with Crippen LogP contribution in [0.3, 0.4) is 0 Å². The van der Waals surface area contributed by atoms with Crippen molar-refractivity contribution in [2.45, 2.75) is 82.7 Å². The standard InChI is InChI=1S/C30H40N6O4S/c1-20-12-16-31-23-8-7-9-25(32-23)41(39,40)34-27(37)22-10-11-24(33-26(22)36-19-21(20)18-29(36,2)3)35-17-15-30(28(35)38)13-5-4-6-14-30/h7-11,20-21H,4-6,12-19H2,1-3H3,(H,31,32)(H,34,37)/t20-,21-/m0/s1. The van der Waals surface area contributed by atoms with Crippen molar-refractivity contribution in [2.75, 3.05) is 34.8 Å². The number of pyridine rings is 2. The van der Waals surface area contributed by atoms with E-state index in [4.69, 9.17) is 4.98 Å². The Kier molecular flexibility index (Phi) is 6.99. The minimum absolute atomic E-state index is 0.124. The number of fused-ring (bicyclic) bond motifs is 6. The maximum absolute atomic E-state index is 13.7. The Morgan fingerprint density at radius 3 is 2.56 bits per heavy atom. The lowest BCUT2D eigenvalue weighted by molar-refractivity contribution is -0.127. The lowest BCUT2D eigenvalue weighted by atomic mass is 9.73. The van der Waals surface area contributed by atoms with Crippen molar-refractivity contribution >= 4 is 39.3 Å². The van der Waals surface area contributed by atoms with Crippen molar-refractivity contribution in [3.8, 4) is 0 Å². The molecule has 1 spiro atoms. The predicted octanol–water partition coefficient (Wildman–Crippen LogP) is 4.34. The van der Waals surface area contributed by atoms with E-state index >= 15 is 0 Å². The molecule has 0 radical (unpaired) electrons. The van der Waals surface area contributed by atoms with Gasteiger partial charge in [-0.25, -0.2) is 14.7 Å². The highest BCUT2D eigenvalue weighted by molar-refractivity contribution is 7.90. The number of carbonyl (C=O) groups excluding carboxylic acids is 2. The van der Waals surface area contributed by atoms with Gasteiger partial charge in [0.25, 0.3) is 15.9 Å². The first-order valence-corrected chi connectivity index (χ1v) is 16.4. The van der Waals surface area contributed by atoms with Crippen molar-refractivity contribution in [1.82, 2.24) is 14.7 Å². The lowest BCUT2D eigenvalue weighted by Crippen LogP contribution is -2.41. The van der Waals surface area contributed by atoms with E-state index in [2.05, 4.69) is 40.7 Å². The molecule has 0 unspecified atom stereocenters. The van der Waals surface area contributed by atoms with Gasteiger partial charge in [-0.2, -0.15) is 8.42 Å². The van der Waals surface area contributed by atoms with Crippen molar-refractivity contribution in [3.63, 3.8) is 0 Å². The number of amides is 2. The van der Waals surface area contributed by atoms with Gasteiger partial charge in [0.15, 0.2) is 5.03 Å². The fraction of sp³-hybridized carbons (Fsp3) is 0.600. The van der Waals surface area contributed by atoms with Gasteiger partial charge >= 0.3 is 0 Å². The number of nitrogens with one attached hydrogen (secondary N) is 2. The molecule has 2 N–H and O–H groups in total. The zero-order valence-corrected chi connectivity index (χ0v) is 25.0. The molecule has 6 rings (SSSR count). The van der Waals surface area contributed by atoms with Crippen LogP contribution < -0.4 is 19.8 Å². The van der Waals surface area contributed by atoms with E-state index in [-0.39, 0.29) is 27.5 Å². The summed E-state index contributed by atoms with van der Waals surface area (Å²) in [6, 6.07) is 8.02. The molecule has 11 heteroatoms. The summed E-state index contributed by atoms with van der Waals surface area (Å²) < 4.78 is 28.7. The zero-order valence-electron chi connectivity index (χ0n) is 24.1. The Labute approximate surface area is 242 Å². The average Bonchev–Trinajstić information content (AvgIpc) is 3.43. The van der Waals surface area contributed by atoms with Crippen LogP contribution in [0.4, 0.5) is 17.5 Å². The molecule has 4 aliphatic rings. The number of nitrogens with zero attached hydrogens (tertiary/aromatic N) is 4. The van der Waals surface area contributed by atoms with E-state index in [1.54, 1.807) is 29.2 Å². The summed E-state index contributed by atoms with van der Waals surface area (Å²) in [5.74, 6) is 1.47. The van der Waals surface area contributed by atoms with Crippen molar-refractivity contribution in [2.24, 2.45) is 17.3 Å². The van der Waals surface area contributed by atoms with Gasteiger partial charge in [-0.3, -0.25) is 14.5 Å². The molecular weight excluding hydrogens is 540 g/mol. The quantitative estimate of drug-likeness (QED) is 0.511. The highest BCUT2D eigenvalue weighted by Crippen LogP contribution is 2.47. The van der Waals surface area contributed by atoms with E-state index in [0.29, 0.717) is 48.9 Å². The second kappa shape index (κ2) is 10.3. The summed E-state index contributed by atoms with van der Waals surface area (Å²) in [7, 11) is -4.24. The first-order valence-electron chi connectivity index (χ1n) is 14.9. The van der Waals surface area contributed by atoms with Crippen LogP contribution in [0.2, 0.25) is 0 Å². The highest BCUT2D eigenvalue weighted by Gasteiger charge is 2.48. The van der Waals surface area contributed by atoms with E-state index in [1.807, 2.05) is 0 Å². The third kappa shape index (κ3) is 5.06. The van der Waals surface area contributed by atoms with Gasteiger partial charge in [0.05, 0.1) is 11.0 Å². The van der Waals surface area contributed by atoms with E-state index in [0.717, 1.165) is 44.9 Å². The van der Waals surface area contributed by atoms with Gasteiger partial charge in [-0.15, -0.1) is 0 Å². The molecule has 220 valence electrons. The van der Waals surface area contributed by atoms with E-state index < -0.39 is 15.9 Å². The maximum Gasteiger partial charge on any atom is 0.281 e. The number of hydrogen-bond donors (Lipinski definition) is 2. The fourth-order valence-electron chi connectivity index (χ4n) is 7.31. The summed E-state index contributed by atoms with van der Waals surface area (Å²) in [5, 5.41) is 3.02. The van der Waals surface area contributed by atoms with Crippen molar-refractivity contribution < 1.29 is 18.0 Å². The molecule has 2 aromatic rings. The Hall–Kier alpha value is -3.21. The number of anilines is 3. The van der Waals surface area contributed by atoms with Crippen LogP contribution in [0.1, 0.15) is 82.5 Å². The number of hydrogen-bond acceptors (Lipinski definition) is 8. The molecule has 3 fully saturated rings. The minimum Gasteiger partial charge on any atom is -0.370 e. The topological polar surface area (TPSA) is 125 Å². The summed E-state index contributed by atoms with van der Waals surface area (Å²) in [6.07, 6.45) is 7.74. The van der Waals surface area contributed by atoms with Crippen LogP contribution in [0.5, 0.6) is 0 Å². The number of rotatable bonds is 1. The van der Waals surface area contributed by atoms with Crippen molar-refractivity contribution in [1.29, 1.82) is 0 Å². The fourth-order valence-corrected chi connectivity index (χ4v) is 8.25. The summed E-state index contributed by atoms with van der Waals surface area (Å²) in [6.45, 7) is 8.45. The zero-order chi connectivity index (χ0) is 29.0. The Morgan fingerprint density at radius 1 is 1.00 bits per heavy atom. The number of sulfonamides is 1. The third-order valence-electron chi connectivity index (χ3n) is 9.81. The monoisotopic (exact) mass is 580 g/mol. The summed E-state index contributed by atoms with van der Waals surface area (Å²) in [4.78, 5) is 40.5. The molecule has 5 heterocycles. The van der Waals surface area contributed by atoms with Crippen LogP contribution >= 0.6 is 0 Å². The Morgan fingerprint density at radius 2 is 1.78 bits per heavy atom. The Bertz CT molecular complexity index is 1470. The SMILES string of the molecule is C[C@H]1CCNc2cccc(n2)S(=O)(=O)NC(=O)c2ccc(N3CCC4(CCCCC4)C3=O)nc2N2C[C@@H]1CC2(C)C. The minimum atomic E-state index is -4.24. The Balaban J connectivity index is 1.42. The molecule has 4 bridgehead atoms. The van der Waals surface area contributed by atoms with Gasteiger partial charge in [-0.1, -0.05) is 32.3 Å². The molecule has 2 aromatic heterocycles. The van der Waals surface area contributed by atoms with Crippen LogP contribution in [-0.4, -0.2) is 55.4 Å². The molecule has 2 atom stereocenters. The number of carbonyl (C=O) groups is 2. The molecular formula is C30H40N6O4S. The lowest BCUT2D eigenvalue weighted by Gasteiger charge is -2.34. The van der Waals surface area contributed by atoms with Crippen LogP contribution in [0.25, 0.3) is 0 Å². The first kappa shape index (κ1) is 27.9. The molecule has 1 saturated carbocycles. The summed E-state index contributed by atoms with van der Waals surface area (Å²) in [5.41, 5.74) is -0.463. The van der Waals surface area contributed by atoms with Crippen molar-refractivity contribution in [3.05, 3.63) is 35.9 Å². The van der Waals surface area contributed by atoms with E-state index in [1.165, 1.54) is 12.5 Å². The third-order valence-corrected chi connectivity index (χ3v) is 11.0. The molecule has 41 heavy (non-hydrogen) atoms. The molecule has 10 nitrogen and oxygen atoms in total. The molecule has 1 aliphatic carbocycles. The molecule has 3 aliphatic heterocycles. The maximum atomic E-state index is 13.7. The second-order valence-electron chi connectivity index (χ2n) is 13.0. The smallest absolute Gasteiger partial charge is 0.281 e. The highest BCUT2D eigenvalue weighted by atomic mass is 32.2. The number of aromatic nitrogens is 2. The van der Waals surface area contributed by atoms with E-state index in [9.17, 15) is 18.0 Å². The van der Waals surface area contributed by atoms with Gasteiger partial charge in [0.2, 0.25) is 5.91 Å². The van der Waals surface area contributed by atoms with Crippen LogP contribution in [0.15, 0.2) is 35.4 Å².